The van der Waals surface area contributed by atoms with Gasteiger partial charge in [-0.2, -0.15) is 5.26 Å². The molecule has 0 spiro atoms. The molecule has 21 heavy (non-hydrogen) atoms. The van der Waals surface area contributed by atoms with Crippen molar-refractivity contribution in [1.82, 2.24) is 0 Å². The summed E-state index contributed by atoms with van der Waals surface area (Å²) in [6.07, 6.45) is 0.345. The van der Waals surface area contributed by atoms with E-state index in [0.717, 1.165) is 10.5 Å². The molecule has 3 heteroatoms. The van der Waals surface area contributed by atoms with E-state index in [4.69, 9.17) is 11.0 Å². The topological polar surface area (TPSA) is 49.8 Å². The van der Waals surface area contributed by atoms with Crippen LogP contribution < -0.4 is 5.73 Å². The van der Waals surface area contributed by atoms with E-state index in [1.807, 2.05) is 30.3 Å². The fraction of sp³-hybridized carbons (Fsp3) is 0.0556. The summed E-state index contributed by atoms with van der Waals surface area (Å²) in [4.78, 5) is 2.28. The van der Waals surface area contributed by atoms with Gasteiger partial charge in [0, 0.05) is 15.5 Å². The molecule has 102 valence electrons. The summed E-state index contributed by atoms with van der Waals surface area (Å²) in [6.45, 7) is 0. The van der Waals surface area contributed by atoms with Gasteiger partial charge in [0.05, 0.1) is 12.5 Å². The predicted octanol–water partition coefficient (Wildman–Crippen LogP) is 4.64. The molecule has 0 aromatic heterocycles. The molecule has 2 nitrogen and oxygen atoms in total. The third kappa shape index (κ3) is 3.01. The van der Waals surface area contributed by atoms with Crippen molar-refractivity contribution >= 4 is 28.2 Å². The van der Waals surface area contributed by atoms with Gasteiger partial charge in [0.25, 0.3) is 0 Å². The van der Waals surface area contributed by atoms with Crippen LogP contribution in [0.2, 0.25) is 0 Å². The van der Waals surface area contributed by atoms with Crippen molar-refractivity contribution in [3.05, 3.63) is 66.2 Å². The number of fused-ring (bicyclic) bond motifs is 1. The lowest BCUT2D eigenvalue weighted by Gasteiger charge is -2.07. The molecule has 0 saturated carbocycles. The summed E-state index contributed by atoms with van der Waals surface area (Å²) in [5.41, 5.74) is 7.45. The molecule has 0 fully saturated rings. The van der Waals surface area contributed by atoms with Crippen LogP contribution in [-0.4, -0.2) is 0 Å². The highest BCUT2D eigenvalue weighted by Gasteiger charge is 2.03. The predicted molar refractivity (Wildman–Crippen MR) is 88.2 cm³/mol. The van der Waals surface area contributed by atoms with E-state index in [2.05, 4.69) is 36.4 Å². The Morgan fingerprint density at radius 3 is 2.43 bits per heavy atom. The lowest BCUT2D eigenvalue weighted by Crippen LogP contribution is -1.93. The second-order valence-corrected chi connectivity index (χ2v) is 5.95. The van der Waals surface area contributed by atoms with Gasteiger partial charge in [-0.25, -0.2) is 0 Å². The Morgan fingerprint density at radius 2 is 1.62 bits per heavy atom. The third-order valence-corrected chi connectivity index (χ3v) is 4.32. The lowest BCUT2D eigenvalue weighted by atomic mass is 10.1. The average Bonchev–Trinajstić information content (AvgIpc) is 2.51. The van der Waals surface area contributed by atoms with Gasteiger partial charge in [0.1, 0.15) is 0 Å². The van der Waals surface area contributed by atoms with Crippen LogP contribution in [0.3, 0.4) is 0 Å². The standard InChI is InChI=1S/C18H14N2S/c19-10-9-15-12-17(7-8-18(15)20)21-16-6-5-13-3-1-2-4-14(13)11-16/h1-8,11-12H,9,20H2. The molecule has 0 saturated heterocycles. The molecule has 0 amide bonds. The van der Waals surface area contributed by atoms with E-state index in [1.54, 1.807) is 11.8 Å². The zero-order valence-corrected chi connectivity index (χ0v) is 12.2. The SMILES string of the molecule is N#CCc1cc(Sc2ccc3ccccc3c2)ccc1N. The minimum absolute atomic E-state index is 0.345. The number of nitriles is 1. The maximum atomic E-state index is 8.83. The van der Waals surface area contributed by atoms with Gasteiger partial charge >= 0.3 is 0 Å². The van der Waals surface area contributed by atoms with Crippen molar-refractivity contribution < 1.29 is 0 Å². The van der Waals surface area contributed by atoms with Gasteiger partial charge in [0.2, 0.25) is 0 Å². The number of rotatable bonds is 3. The summed E-state index contributed by atoms with van der Waals surface area (Å²) >= 11 is 1.69. The van der Waals surface area contributed by atoms with Crippen LogP contribution in [0.4, 0.5) is 5.69 Å². The Balaban J connectivity index is 1.91. The van der Waals surface area contributed by atoms with Crippen molar-refractivity contribution in [2.75, 3.05) is 5.73 Å². The van der Waals surface area contributed by atoms with Crippen LogP contribution in [0.15, 0.2) is 70.5 Å². The number of hydrogen-bond donors (Lipinski definition) is 1. The first kappa shape index (κ1) is 13.5. The molecule has 0 aliphatic rings. The van der Waals surface area contributed by atoms with Crippen LogP contribution in [0, 0.1) is 11.3 Å². The smallest absolute Gasteiger partial charge is 0.0670 e. The monoisotopic (exact) mass is 290 g/mol. The number of benzene rings is 3. The van der Waals surface area contributed by atoms with Gasteiger partial charge < -0.3 is 5.73 Å². The van der Waals surface area contributed by atoms with Crippen molar-refractivity contribution in [2.24, 2.45) is 0 Å². The Hall–Kier alpha value is -2.44. The van der Waals surface area contributed by atoms with Crippen molar-refractivity contribution in [3.63, 3.8) is 0 Å². The highest BCUT2D eigenvalue weighted by atomic mass is 32.2. The quantitative estimate of drug-likeness (QED) is 0.715. The van der Waals surface area contributed by atoms with Crippen molar-refractivity contribution in [3.8, 4) is 6.07 Å². The van der Waals surface area contributed by atoms with Gasteiger partial charge in [-0.05, 0) is 46.7 Å². The van der Waals surface area contributed by atoms with E-state index in [-0.39, 0.29) is 0 Å². The summed E-state index contributed by atoms with van der Waals surface area (Å²) in [7, 11) is 0. The van der Waals surface area contributed by atoms with Gasteiger partial charge in [0.15, 0.2) is 0 Å². The van der Waals surface area contributed by atoms with Crippen LogP contribution in [0.5, 0.6) is 0 Å². The zero-order chi connectivity index (χ0) is 14.7. The Kier molecular flexibility index (Phi) is 3.81. The summed E-state index contributed by atoms with van der Waals surface area (Å²) in [5, 5.41) is 11.3. The summed E-state index contributed by atoms with van der Waals surface area (Å²) in [6, 6.07) is 22.8. The number of hydrogen-bond acceptors (Lipinski definition) is 3. The Morgan fingerprint density at radius 1 is 0.905 bits per heavy atom. The molecule has 0 unspecified atom stereocenters. The fourth-order valence-corrected chi connectivity index (χ4v) is 3.18. The first-order valence-electron chi connectivity index (χ1n) is 6.68. The van der Waals surface area contributed by atoms with E-state index < -0.39 is 0 Å². The molecular formula is C18H14N2S. The second-order valence-electron chi connectivity index (χ2n) is 4.81. The Labute approximate surface area is 128 Å². The molecule has 2 N–H and O–H groups in total. The summed E-state index contributed by atoms with van der Waals surface area (Å²) < 4.78 is 0. The lowest BCUT2D eigenvalue weighted by molar-refractivity contribution is 1.23. The molecule has 0 aliphatic heterocycles. The van der Waals surface area contributed by atoms with E-state index in [0.29, 0.717) is 12.1 Å². The summed E-state index contributed by atoms with van der Waals surface area (Å²) in [5.74, 6) is 0. The van der Waals surface area contributed by atoms with Crippen LogP contribution in [-0.2, 0) is 6.42 Å². The molecule has 0 aliphatic carbocycles. The van der Waals surface area contributed by atoms with E-state index in [1.165, 1.54) is 15.7 Å². The first-order chi connectivity index (χ1) is 10.3. The van der Waals surface area contributed by atoms with Crippen molar-refractivity contribution in [1.29, 1.82) is 5.26 Å². The van der Waals surface area contributed by atoms with Gasteiger partial charge in [-0.1, -0.05) is 42.1 Å². The number of nitrogen functional groups attached to an aromatic ring is 1. The molecule has 0 bridgehead atoms. The molecule has 0 atom stereocenters. The first-order valence-corrected chi connectivity index (χ1v) is 7.50. The number of nitrogens with two attached hydrogens (primary N) is 1. The van der Waals surface area contributed by atoms with E-state index >= 15 is 0 Å². The largest absolute Gasteiger partial charge is 0.398 e. The minimum atomic E-state index is 0.345. The number of anilines is 1. The zero-order valence-electron chi connectivity index (χ0n) is 11.4. The van der Waals surface area contributed by atoms with E-state index in [9.17, 15) is 0 Å². The maximum absolute atomic E-state index is 8.83. The van der Waals surface area contributed by atoms with Crippen LogP contribution in [0.25, 0.3) is 10.8 Å². The molecule has 0 radical (unpaired) electrons. The highest BCUT2D eigenvalue weighted by molar-refractivity contribution is 7.99. The van der Waals surface area contributed by atoms with Crippen LogP contribution in [0.1, 0.15) is 5.56 Å². The molecule has 3 rings (SSSR count). The normalized spacial score (nSPS) is 10.4. The van der Waals surface area contributed by atoms with Gasteiger partial charge in [-0.3, -0.25) is 0 Å². The number of nitrogens with zero attached hydrogens (tertiary/aromatic N) is 1. The second kappa shape index (κ2) is 5.90. The molecular weight excluding hydrogens is 276 g/mol. The van der Waals surface area contributed by atoms with Crippen molar-refractivity contribution in [2.45, 2.75) is 16.2 Å². The van der Waals surface area contributed by atoms with Gasteiger partial charge in [-0.15, -0.1) is 0 Å². The highest BCUT2D eigenvalue weighted by Crippen LogP contribution is 2.31. The average molecular weight is 290 g/mol. The fourth-order valence-electron chi connectivity index (χ4n) is 2.25. The molecule has 3 aromatic carbocycles. The molecule has 0 heterocycles. The maximum Gasteiger partial charge on any atom is 0.0670 e. The molecule has 3 aromatic rings. The third-order valence-electron chi connectivity index (χ3n) is 3.34. The van der Waals surface area contributed by atoms with Crippen LogP contribution >= 0.6 is 11.8 Å². The minimum Gasteiger partial charge on any atom is -0.398 e. The Bertz CT molecular complexity index is 834.